The second-order valence-electron chi connectivity index (χ2n) is 15.8. The Hall–Kier alpha value is -3.05. The minimum atomic E-state index is -1.63. The van der Waals surface area contributed by atoms with Crippen LogP contribution in [0.15, 0.2) is 40.3 Å². The van der Waals surface area contributed by atoms with E-state index in [4.69, 9.17) is 4.52 Å². The molecule has 3 fully saturated rings. The highest BCUT2D eigenvalue weighted by molar-refractivity contribution is 6.05. The van der Waals surface area contributed by atoms with E-state index in [2.05, 4.69) is 44.2 Å². The van der Waals surface area contributed by atoms with Crippen LogP contribution in [0.4, 0.5) is 0 Å². The summed E-state index contributed by atoms with van der Waals surface area (Å²) in [4.78, 5) is 40.9. The zero-order chi connectivity index (χ0) is 30.7. The van der Waals surface area contributed by atoms with Crippen LogP contribution >= 0.6 is 0 Å². The molecule has 224 valence electrons. The molecule has 42 heavy (non-hydrogen) atoms. The first-order valence-corrected chi connectivity index (χ1v) is 15.3. The molecule has 0 unspecified atom stereocenters. The number of carbonyl (C=O) groups is 3. The van der Waals surface area contributed by atoms with Gasteiger partial charge in [-0.1, -0.05) is 52.8 Å². The lowest BCUT2D eigenvalue weighted by molar-refractivity contribution is -0.240. The summed E-state index contributed by atoms with van der Waals surface area (Å²) in [5, 5.41) is 29.7. The summed E-state index contributed by atoms with van der Waals surface area (Å²) in [6.45, 7) is 14.4. The summed E-state index contributed by atoms with van der Waals surface area (Å²) in [5.74, 6) is -1.13. The minimum absolute atomic E-state index is 0.0593. The van der Waals surface area contributed by atoms with Crippen LogP contribution in [0.25, 0.3) is 0 Å². The second-order valence-corrected chi connectivity index (χ2v) is 15.8. The number of nitrogens with zero attached hydrogens (tertiary/aromatic N) is 2. The van der Waals surface area contributed by atoms with E-state index in [9.17, 15) is 24.8 Å². The number of amides is 1. The predicted molar refractivity (Wildman–Crippen MR) is 155 cm³/mol. The molecule has 3 saturated carbocycles. The Morgan fingerprint density at radius 1 is 1.05 bits per heavy atom. The Balaban J connectivity index is 1.46. The van der Waals surface area contributed by atoms with Crippen LogP contribution in [0.2, 0.25) is 0 Å². The number of nitriles is 1. The van der Waals surface area contributed by atoms with Crippen molar-refractivity contribution >= 4 is 17.5 Å². The fourth-order valence-corrected chi connectivity index (χ4v) is 10.5. The quantitative estimate of drug-likeness (QED) is 0.478. The van der Waals surface area contributed by atoms with Gasteiger partial charge in [-0.05, 0) is 80.3 Å². The van der Waals surface area contributed by atoms with E-state index < -0.39 is 32.8 Å². The van der Waals surface area contributed by atoms with Gasteiger partial charge in [0.15, 0.2) is 11.6 Å². The highest BCUT2D eigenvalue weighted by atomic mass is 16.5. The molecule has 0 bridgehead atoms. The lowest BCUT2D eigenvalue weighted by Gasteiger charge is -2.71. The van der Waals surface area contributed by atoms with E-state index in [0.717, 1.165) is 37.7 Å². The molecule has 5 aliphatic carbocycles. The average molecular weight is 574 g/mol. The molecule has 6 rings (SSSR count). The minimum Gasteiger partial charge on any atom is -0.381 e. The number of aromatic nitrogens is 1. The third-order valence-corrected chi connectivity index (χ3v) is 13.4. The first-order chi connectivity index (χ1) is 19.4. The standard InChI is InChI=1S/C34H43N3O5/c1-28(2)22-8-9-32(6)23(31(22,5)15-20(17-35)26(28)39)14-25(38)34(41)24-16-30(4,37-27(40)21-18-36-42-19-21)12-10-29(24,3)11-13-33(32,34)7/h14-15,18-19,22,24,41H,8-13,16H2,1-7H3,(H,37,40)/t22-,24+,29-,30-,31-,32+,33-,34+/m0/s1. The Labute approximate surface area is 248 Å². The van der Waals surface area contributed by atoms with Crippen LogP contribution in [0, 0.1) is 50.2 Å². The van der Waals surface area contributed by atoms with Gasteiger partial charge in [-0.25, -0.2) is 0 Å². The third kappa shape index (κ3) is 3.38. The average Bonchev–Trinajstić information content (AvgIpc) is 3.47. The van der Waals surface area contributed by atoms with Gasteiger partial charge in [0.25, 0.3) is 5.91 Å². The Bertz CT molecular complexity index is 1500. The molecule has 1 heterocycles. The van der Waals surface area contributed by atoms with Crippen molar-refractivity contribution < 1.29 is 24.0 Å². The fourth-order valence-electron chi connectivity index (χ4n) is 10.5. The van der Waals surface area contributed by atoms with E-state index in [-0.39, 0.29) is 40.3 Å². The lowest BCUT2D eigenvalue weighted by atomic mass is 9.33. The summed E-state index contributed by atoms with van der Waals surface area (Å²) >= 11 is 0. The maximum Gasteiger partial charge on any atom is 0.256 e. The number of Topliss-reactive ketones (excluding diaryl/α,β-unsaturated/α-hetero) is 1. The Kier molecular flexibility index (Phi) is 5.90. The molecule has 0 aliphatic heterocycles. The maximum absolute atomic E-state index is 14.6. The summed E-state index contributed by atoms with van der Waals surface area (Å²) < 4.78 is 4.87. The second kappa shape index (κ2) is 8.53. The van der Waals surface area contributed by atoms with Crippen LogP contribution in [0.3, 0.4) is 0 Å². The van der Waals surface area contributed by atoms with Gasteiger partial charge in [-0.2, -0.15) is 5.26 Å². The van der Waals surface area contributed by atoms with Gasteiger partial charge in [0.05, 0.1) is 17.3 Å². The van der Waals surface area contributed by atoms with Crippen molar-refractivity contribution in [3.63, 3.8) is 0 Å². The molecule has 0 saturated heterocycles. The summed E-state index contributed by atoms with van der Waals surface area (Å²) in [6.07, 6.45) is 11.3. The summed E-state index contributed by atoms with van der Waals surface area (Å²) in [5.41, 5.74) is -3.79. The number of hydrogen-bond donors (Lipinski definition) is 2. The summed E-state index contributed by atoms with van der Waals surface area (Å²) in [6, 6.07) is 2.14. The van der Waals surface area contributed by atoms with E-state index >= 15 is 0 Å². The molecule has 5 aliphatic rings. The van der Waals surface area contributed by atoms with Crippen molar-refractivity contribution in [2.24, 2.45) is 38.9 Å². The smallest absolute Gasteiger partial charge is 0.256 e. The van der Waals surface area contributed by atoms with Gasteiger partial charge < -0.3 is 14.9 Å². The summed E-state index contributed by atoms with van der Waals surface area (Å²) in [7, 11) is 0. The van der Waals surface area contributed by atoms with E-state index in [1.807, 2.05) is 26.8 Å². The molecule has 0 aromatic carbocycles. The number of hydrogen-bond acceptors (Lipinski definition) is 7. The van der Waals surface area contributed by atoms with E-state index in [1.54, 1.807) is 6.08 Å². The molecule has 0 radical (unpaired) electrons. The van der Waals surface area contributed by atoms with Gasteiger partial charge in [0, 0.05) is 27.7 Å². The number of fused-ring (bicyclic) bond motifs is 7. The number of carbonyl (C=O) groups excluding carboxylic acids is 3. The largest absolute Gasteiger partial charge is 0.381 e. The number of rotatable bonds is 2. The molecule has 8 atom stereocenters. The van der Waals surface area contributed by atoms with Gasteiger partial charge in [-0.3, -0.25) is 14.4 Å². The third-order valence-electron chi connectivity index (χ3n) is 13.4. The van der Waals surface area contributed by atoms with Crippen LogP contribution in [0.1, 0.15) is 104 Å². The molecule has 0 spiro atoms. The van der Waals surface area contributed by atoms with Crippen molar-refractivity contribution in [2.75, 3.05) is 0 Å². The van der Waals surface area contributed by atoms with Crippen LogP contribution in [0.5, 0.6) is 0 Å². The molecular formula is C34H43N3O5. The highest BCUT2D eigenvalue weighted by Gasteiger charge is 2.75. The molecule has 8 nitrogen and oxygen atoms in total. The van der Waals surface area contributed by atoms with Crippen LogP contribution < -0.4 is 5.32 Å². The lowest BCUT2D eigenvalue weighted by Crippen LogP contribution is -2.74. The maximum atomic E-state index is 14.6. The number of nitrogens with one attached hydrogen (secondary N) is 1. The molecule has 2 N–H and O–H groups in total. The zero-order valence-electron chi connectivity index (χ0n) is 25.9. The highest BCUT2D eigenvalue weighted by Crippen LogP contribution is 2.75. The molecule has 1 aromatic heterocycles. The fraction of sp³-hybridized carbons (Fsp3) is 0.676. The predicted octanol–water partition coefficient (Wildman–Crippen LogP) is 5.49. The molecular weight excluding hydrogens is 530 g/mol. The van der Waals surface area contributed by atoms with Crippen molar-refractivity contribution in [3.8, 4) is 6.07 Å². The SMILES string of the molecule is CC1(C)C(=O)C(C#N)=C[C@]2(C)C3=CC(=O)[C@]4(O)[C@@H]5C[C@@](C)(NC(=O)c6cnoc6)CC[C@@]5(C)CC[C@@]4(C)[C@]3(C)CC[C@@H]12. The Morgan fingerprint density at radius 2 is 1.74 bits per heavy atom. The zero-order valence-corrected chi connectivity index (χ0v) is 25.9. The van der Waals surface area contributed by atoms with Gasteiger partial charge in [0.2, 0.25) is 0 Å². The monoisotopic (exact) mass is 573 g/mol. The first-order valence-electron chi connectivity index (χ1n) is 15.3. The van der Waals surface area contributed by atoms with Gasteiger partial charge in [-0.15, -0.1) is 0 Å². The van der Waals surface area contributed by atoms with Crippen LogP contribution in [-0.2, 0) is 9.59 Å². The molecule has 1 amide bonds. The number of allylic oxidation sites excluding steroid dienone is 3. The molecule has 1 aromatic rings. The number of ketones is 2. The topological polar surface area (TPSA) is 133 Å². The van der Waals surface area contributed by atoms with Crippen molar-refractivity contribution in [1.29, 1.82) is 5.26 Å². The molecule has 8 heteroatoms. The van der Waals surface area contributed by atoms with Crippen molar-refractivity contribution in [2.45, 2.75) is 105 Å². The van der Waals surface area contributed by atoms with Crippen molar-refractivity contribution in [1.82, 2.24) is 10.5 Å². The van der Waals surface area contributed by atoms with E-state index in [0.29, 0.717) is 18.4 Å². The van der Waals surface area contributed by atoms with Crippen molar-refractivity contribution in [3.05, 3.63) is 41.3 Å². The first kappa shape index (κ1) is 29.0. The van der Waals surface area contributed by atoms with E-state index in [1.165, 1.54) is 12.5 Å². The Morgan fingerprint density at radius 3 is 2.38 bits per heavy atom. The normalized spacial score (nSPS) is 45.7. The van der Waals surface area contributed by atoms with Gasteiger partial charge in [0.1, 0.15) is 17.9 Å². The van der Waals surface area contributed by atoms with Crippen LogP contribution in [-0.4, -0.2) is 38.9 Å². The van der Waals surface area contributed by atoms with Gasteiger partial charge >= 0.3 is 0 Å². The number of aliphatic hydroxyl groups is 1.